The van der Waals surface area contributed by atoms with Crippen LogP contribution in [0.3, 0.4) is 0 Å². The maximum atomic E-state index is 10.9. The van der Waals surface area contributed by atoms with Gasteiger partial charge in [0.25, 0.3) is 0 Å². The third kappa shape index (κ3) is 2.10. The van der Waals surface area contributed by atoms with Gasteiger partial charge in [-0.1, -0.05) is 0 Å². The van der Waals surface area contributed by atoms with Crippen LogP contribution in [0.4, 0.5) is 5.69 Å². The fourth-order valence-corrected chi connectivity index (χ4v) is 1.97. The molecule has 0 aliphatic rings. The molecule has 0 bridgehead atoms. The van der Waals surface area contributed by atoms with E-state index in [2.05, 4.69) is 15.9 Å². The quantitative estimate of drug-likeness (QED) is 0.676. The minimum atomic E-state index is -0.612. The average molecular weight is 292 g/mol. The monoisotopic (exact) mass is 291 g/mol. The summed E-state index contributed by atoms with van der Waals surface area (Å²) in [7, 11) is 2.68. The number of aliphatic hydroxyl groups is 1. The van der Waals surface area contributed by atoms with Crippen molar-refractivity contribution in [1.82, 2.24) is 0 Å². The molecule has 0 aromatic heterocycles. The van der Waals surface area contributed by atoms with Gasteiger partial charge in [-0.3, -0.25) is 10.1 Å². The number of nitrogens with zero attached hydrogens (tertiary/aromatic N) is 1. The van der Waals surface area contributed by atoms with E-state index in [4.69, 9.17) is 14.6 Å². The highest BCUT2D eigenvalue weighted by Crippen LogP contribution is 2.44. The molecule has 0 heterocycles. The number of nitro benzene ring substituents is 1. The highest BCUT2D eigenvalue weighted by Gasteiger charge is 2.27. The number of aliphatic hydroxyl groups excluding tert-OH is 1. The Hall–Kier alpha value is -1.34. The van der Waals surface area contributed by atoms with Gasteiger partial charge in [0.05, 0.1) is 35.8 Å². The Kier molecular flexibility index (Phi) is 4.08. The molecule has 16 heavy (non-hydrogen) atoms. The van der Waals surface area contributed by atoms with Crippen molar-refractivity contribution >= 4 is 21.6 Å². The third-order valence-electron chi connectivity index (χ3n) is 2.00. The van der Waals surface area contributed by atoms with E-state index in [0.29, 0.717) is 4.47 Å². The summed E-state index contributed by atoms with van der Waals surface area (Å²) in [6.07, 6.45) is 0. The molecule has 7 heteroatoms. The molecule has 0 unspecified atom stereocenters. The van der Waals surface area contributed by atoms with E-state index in [-0.39, 0.29) is 22.7 Å². The Bertz CT molecular complexity index is 421. The zero-order chi connectivity index (χ0) is 12.3. The van der Waals surface area contributed by atoms with Gasteiger partial charge in [0.2, 0.25) is 5.75 Å². The van der Waals surface area contributed by atoms with Gasteiger partial charge in [0.15, 0.2) is 5.75 Å². The molecule has 88 valence electrons. The van der Waals surface area contributed by atoms with Crippen LogP contribution in [-0.4, -0.2) is 24.2 Å². The van der Waals surface area contributed by atoms with Crippen LogP contribution in [0, 0.1) is 10.1 Å². The first-order chi connectivity index (χ1) is 7.56. The second-order valence-electron chi connectivity index (χ2n) is 2.85. The molecule has 1 N–H and O–H groups in total. The normalized spacial score (nSPS) is 10.0. The highest BCUT2D eigenvalue weighted by molar-refractivity contribution is 9.10. The van der Waals surface area contributed by atoms with Crippen molar-refractivity contribution in [3.8, 4) is 11.5 Å². The molecular weight excluding hydrogens is 282 g/mol. The number of halogens is 1. The zero-order valence-corrected chi connectivity index (χ0v) is 10.3. The predicted molar refractivity (Wildman–Crippen MR) is 59.8 cm³/mol. The van der Waals surface area contributed by atoms with Gasteiger partial charge in [-0.25, -0.2) is 0 Å². The van der Waals surface area contributed by atoms with Crippen LogP contribution in [0.1, 0.15) is 5.56 Å². The molecule has 1 rings (SSSR count). The minimum Gasteiger partial charge on any atom is -0.492 e. The van der Waals surface area contributed by atoms with Crippen LogP contribution in [0.15, 0.2) is 10.5 Å². The first-order valence-corrected chi connectivity index (χ1v) is 5.04. The molecule has 0 aliphatic heterocycles. The van der Waals surface area contributed by atoms with Crippen molar-refractivity contribution in [2.24, 2.45) is 0 Å². The molecule has 1 aromatic carbocycles. The molecule has 0 aliphatic carbocycles. The van der Waals surface area contributed by atoms with Crippen LogP contribution in [0.25, 0.3) is 0 Å². The number of hydrogen-bond acceptors (Lipinski definition) is 5. The van der Waals surface area contributed by atoms with Crippen molar-refractivity contribution < 1.29 is 19.5 Å². The van der Waals surface area contributed by atoms with Gasteiger partial charge in [-0.05, 0) is 22.0 Å². The number of hydrogen-bond donors (Lipinski definition) is 1. The maximum Gasteiger partial charge on any atom is 0.320 e. The van der Waals surface area contributed by atoms with E-state index < -0.39 is 11.5 Å². The summed E-state index contributed by atoms with van der Waals surface area (Å²) in [6.45, 7) is -0.449. The summed E-state index contributed by atoms with van der Waals surface area (Å²) in [5.41, 5.74) is -0.125. The first kappa shape index (κ1) is 12.7. The number of methoxy groups -OCH3 is 2. The number of benzene rings is 1. The van der Waals surface area contributed by atoms with Gasteiger partial charge < -0.3 is 14.6 Å². The van der Waals surface area contributed by atoms with Crippen LogP contribution in [0.2, 0.25) is 0 Å². The van der Waals surface area contributed by atoms with Crippen molar-refractivity contribution in [2.75, 3.05) is 14.2 Å². The fourth-order valence-electron chi connectivity index (χ4n) is 1.35. The lowest BCUT2D eigenvalue weighted by atomic mass is 10.1. The van der Waals surface area contributed by atoms with Gasteiger partial charge in [0, 0.05) is 0 Å². The van der Waals surface area contributed by atoms with E-state index in [1.165, 1.54) is 20.3 Å². The molecule has 1 aromatic rings. The summed E-state index contributed by atoms with van der Waals surface area (Å²) in [5.74, 6) is 0.220. The number of rotatable bonds is 4. The molecule has 6 nitrogen and oxygen atoms in total. The molecule has 0 saturated heterocycles. The third-order valence-corrected chi connectivity index (χ3v) is 2.59. The Morgan fingerprint density at radius 3 is 2.38 bits per heavy atom. The molecule has 0 fully saturated rings. The summed E-state index contributed by atoms with van der Waals surface area (Å²) in [5, 5.41) is 19.9. The van der Waals surface area contributed by atoms with E-state index in [1.807, 2.05) is 0 Å². The standard InChI is InChI=1S/C9H10BrNO5/c1-15-8-6(10)3-5(4-12)7(11(13)14)9(8)16-2/h3,12H,4H2,1-2H3. The summed E-state index contributed by atoms with van der Waals surface area (Å²) in [4.78, 5) is 10.3. The molecule has 0 amide bonds. The Morgan fingerprint density at radius 2 is 2.00 bits per heavy atom. The lowest BCUT2D eigenvalue weighted by molar-refractivity contribution is -0.386. The zero-order valence-electron chi connectivity index (χ0n) is 8.69. The first-order valence-electron chi connectivity index (χ1n) is 4.25. The SMILES string of the molecule is COc1c(Br)cc(CO)c([N+](=O)[O-])c1OC. The molecule has 0 spiro atoms. The van der Waals surface area contributed by atoms with Crippen molar-refractivity contribution in [3.63, 3.8) is 0 Å². The Balaban J connectivity index is 3.59. The fraction of sp³-hybridized carbons (Fsp3) is 0.333. The molecule has 0 saturated carbocycles. The number of ether oxygens (including phenoxy) is 2. The van der Waals surface area contributed by atoms with E-state index in [9.17, 15) is 10.1 Å². The van der Waals surface area contributed by atoms with E-state index >= 15 is 0 Å². The lowest BCUT2D eigenvalue weighted by Gasteiger charge is -2.11. The largest absolute Gasteiger partial charge is 0.492 e. The average Bonchev–Trinajstić information content (AvgIpc) is 2.26. The summed E-state index contributed by atoms with van der Waals surface area (Å²) in [6, 6.07) is 1.43. The molecule has 0 radical (unpaired) electrons. The van der Waals surface area contributed by atoms with Gasteiger partial charge in [-0.2, -0.15) is 0 Å². The van der Waals surface area contributed by atoms with E-state index in [1.54, 1.807) is 0 Å². The smallest absolute Gasteiger partial charge is 0.320 e. The highest BCUT2D eigenvalue weighted by atomic mass is 79.9. The van der Waals surface area contributed by atoms with Crippen molar-refractivity contribution in [2.45, 2.75) is 6.61 Å². The van der Waals surface area contributed by atoms with Crippen LogP contribution in [-0.2, 0) is 6.61 Å². The maximum absolute atomic E-state index is 10.9. The lowest BCUT2D eigenvalue weighted by Crippen LogP contribution is -2.02. The predicted octanol–water partition coefficient (Wildman–Crippen LogP) is 1.87. The topological polar surface area (TPSA) is 81.8 Å². The van der Waals surface area contributed by atoms with Gasteiger partial charge in [0.1, 0.15) is 0 Å². The summed E-state index contributed by atoms with van der Waals surface area (Å²) < 4.78 is 10.4. The Labute approximate surface area is 100 Å². The second-order valence-corrected chi connectivity index (χ2v) is 3.70. The van der Waals surface area contributed by atoms with Crippen molar-refractivity contribution in [3.05, 3.63) is 26.2 Å². The summed E-state index contributed by atoms with van der Waals surface area (Å²) >= 11 is 3.18. The molecule has 0 atom stereocenters. The Morgan fingerprint density at radius 1 is 1.44 bits per heavy atom. The minimum absolute atomic E-state index is 0.00840. The van der Waals surface area contributed by atoms with Crippen LogP contribution < -0.4 is 9.47 Å². The van der Waals surface area contributed by atoms with Crippen LogP contribution in [0.5, 0.6) is 11.5 Å². The van der Waals surface area contributed by atoms with Gasteiger partial charge >= 0.3 is 5.69 Å². The molecular formula is C9H10BrNO5. The van der Waals surface area contributed by atoms with Gasteiger partial charge in [-0.15, -0.1) is 0 Å². The van der Waals surface area contributed by atoms with Crippen molar-refractivity contribution in [1.29, 1.82) is 0 Å². The van der Waals surface area contributed by atoms with E-state index in [0.717, 1.165) is 0 Å². The number of nitro groups is 1. The second kappa shape index (κ2) is 5.13. The van der Waals surface area contributed by atoms with Crippen LogP contribution >= 0.6 is 15.9 Å².